The molecule has 1 saturated heterocycles. The molecule has 0 bridgehead atoms. The number of hydrogen-bond acceptors (Lipinski definition) is 1. The van der Waals surface area contributed by atoms with E-state index in [-0.39, 0.29) is 11.2 Å². The zero-order valence-corrected chi connectivity index (χ0v) is 13.7. The maximum absolute atomic E-state index is 14.0. The van der Waals surface area contributed by atoms with Gasteiger partial charge in [-0.2, -0.15) is 0 Å². The molecule has 0 atom stereocenters. The van der Waals surface area contributed by atoms with Crippen LogP contribution in [0.15, 0.2) is 42.5 Å². The van der Waals surface area contributed by atoms with Crippen molar-refractivity contribution in [1.82, 2.24) is 4.90 Å². The summed E-state index contributed by atoms with van der Waals surface area (Å²) in [6.45, 7) is 6.18. The number of nitrogens with zero attached hydrogens (tertiary/aromatic N) is 1. The highest BCUT2D eigenvalue weighted by Gasteiger charge is 2.37. The van der Waals surface area contributed by atoms with E-state index >= 15 is 0 Å². The van der Waals surface area contributed by atoms with E-state index in [1.807, 2.05) is 6.92 Å². The van der Waals surface area contributed by atoms with Crippen LogP contribution in [-0.4, -0.2) is 25.0 Å². The van der Waals surface area contributed by atoms with Crippen LogP contribution < -0.4 is 0 Å². The SMILES string of the molecule is Cc1ccc(C2(c3cc(C)cc(F)c3)CCN(C)CC2)cc1. The molecule has 0 amide bonds. The molecule has 0 N–H and O–H groups in total. The van der Waals surface area contributed by atoms with Crippen LogP contribution in [0, 0.1) is 19.7 Å². The summed E-state index contributed by atoms with van der Waals surface area (Å²) in [7, 11) is 2.16. The monoisotopic (exact) mass is 297 g/mol. The summed E-state index contributed by atoms with van der Waals surface area (Å²) in [6, 6.07) is 14.3. The number of benzene rings is 2. The molecular weight excluding hydrogens is 273 g/mol. The third kappa shape index (κ3) is 2.80. The second kappa shape index (κ2) is 5.85. The van der Waals surface area contributed by atoms with Crippen LogP contribution in [0.3, 0.4) is 0 Å². The van der Waals surface area contributed by atoms with Gasteiger partial charge in [0.25, 0.3) is 0 Å². The normalized spacial score (nSPS) is 18.4. The standard InChI is InChI=1S/C20H24FN/c1-15-4-6-17(7-5-15)20(8-10-22(3)11-9-20)18-12-16(2)13-19(21)14-18/h4-7,12-14H,8-11H2,1-3H3. The fourth-order valence-corrected chi connectivity index (χ4v) is 3.63. The average Bonchev–Trinajstić information content (AvgIpc) is 2.48. The summed E-state index contributed by atoms with van der Waals surface area (Å²) in [4.78, 5) is 2.36. The fraction of sp³-hybridized carbons (Fsp3) is 0.400. The Hall–Kier alpha value is -1.67. The van der Waals surface area contributed by atoms with Gasteiger partial charge in [0.05, 0.1) is 0 Å². The topological polar surface area (TPSA) is 3.24 Å². The van der Waals surface area contributed by atoms with Crippen LogP contribution in [-0.2, 0) is 5.41 Å². The van der Waals surface area contributed by atoms with Gasteiger partial charge in [0, 0.05) is 5.41 Å². The van der Waals surface area contributed by atoms with E-state index in [1.165, 1.54) is 11.1 Å². The van der Waals surface area contributed by atoms with Crippen molar-refractivity contribution in [2.24, 2.45) is 0 Å². The molecule has 0 aliphatic carbocycles. The maximum Gasteiger partial charge on any atom is 0.123 e. The van der Waals surface area contributed by atoms with Crippen LogP contribution in [0.4, 0.5) is 4.39 Å². The van der Waals surface area contributed by atoms with E-state index in [1.54, 1.807) is 12.1 Å². The van der Waals surface area contributed by atoms with Gasteiger partial charge in [-0.3, -0.25) is 0 Å². The molecule has 1 aliphatic heterocycles. The molecule has 2 aromatic rings. The molecule has 0 saturated carbocycles. The average molecular weight is 297 g/mol. The first-order valence-corrected chi connectivity index (χ1v) is 8.03. The van der Waals surface area contributed by atoms with Crippen molar-refractivity contribution in [3.05, 3.63) is 70.5 Å². The number of piperidine rings is 1. The Kier molecular flexibility index (Phi) is 4.05. The summed E-state index contributed by atoms with van der Waals surface area (Å²) in [5.74, 6) is -0.125. The van der Waals surface area contributed by atoms with Crippen LogP contribution in [0.2, 0.25) is 0 Å². The smallest absolute Gasteiger partial charge is 0.123 e. The van der Waals surface area contributed by atoms with Gasteiger partial charge in [-0.05, 0) is 75.6 Å². The summed E-state index contributed by atoms with van der Waals surface area (Å²) < 4.78 is 14.0. The molecule has 1 nitrogen and oxygen atoms in total. The van der Waals surface area contributed by atoms with E-state index in [0.29, 0.717) is 0 Å². The molecule has 0 unspecified atom stereocenters. The molecule has 1 fully saturated rings. The van der Waals surface area contributed by atoms with Gasteiger partial charge in [-0.25, -0.2) is 4.39 Å². The first-order chi connectivity index (χ1) is 10.5. The van der Waals surface area contributed by atoms with Gasteiger partial charge in [0.2, 0.25) is 0 Å². The van der Waals surface area contributed by atoms with Crippen LogP contribution in [0.5, 0.6) is 0 Å². The second-order valence-corrected chi connectivity index (χ2v) is 6.77. The Morgan fingerprint density at radius 2 is 1.50 bits per heavy atom. The van der Waals surface area contributed by atoms with Gasteiger partial charge in [-0.1, -0.05) is 35.9 Å². The molecule has 1 heterocycles. The van der Waals surface area contributed by atoms with Crippen molar-refractivity contribution in [2.75, 3.05) is 20.1 Å². The lowest BCUT2D eigenvalue weighted by molar-refractivity contribution is 0.212. The van der Waals surface area contributed by atoms with E-state index in [9.17, 15) is 4.39 Å². The first kappa shape index (κ1) is 15.2. The van der Waals surface area contributed by atoms with E-state index in [0.717, 1.165) is 37.1 Å². The fourth-order valence-electron chi connectivity index (χ4n) is 3.63. The predicted octanol–water partition coefficient (Wildman–Crippen LogP) is 4.45. The molecule has 22 heavy (non-hydrogen) atoms. The molecule has 116 valence electrons. The largest absolute Gasteiger partial charge is 0.306 e. The van der Waals surface area contributed by atoms with E-state index < -0.39 is 0 Å². The highest BCUT2D eigenvalue weighted by atomic mass is 19.1. The number of rotatable bonds is 2. The lowest BCUT2D eigenvalue weighted by Gasteiger charge is -2.42. The Balaban J connectivity index is 2.12. The molecule has 2 heteroatoms. The molecule has 1 aliphatic rings. The summed E-state index contributed by atoms with van der Waals surface area (Å²) in [5.41, 5.74) is 4.65. The predicted molar refractivity (Wildman–Crippen MR) is 89.8 cm³/mol. The van der Waals surface area contributed by atoms with Gasteiger partial charge in [0.1, 0.15) is 5.82 Å². The lowest BCUT2D eigenvalue weighted by Crippen LogP contribution is -2.41. The van der Waals surface area contributed by atoms with Crippen molar-refractivity contribution in [2.45, 2.75) is 32.1 Å². The van der Waals surface area contributed by atoms with Crippen LogP contribution in [0.1, 0.15) is 35.1 Å². The molecule has 0 spiro atoms. The third-order valence-corrected chi connectivity index (χ3v) is 5.04. The van der Waals surface area contributed by atoms with Crippen molar-refractivity contribution in [3.63, 3.8) is 0 Å². The zero-order valence-electron chi connectivity index (χ0n) is 13.7. The number of likely N-dealkylation sites (tertiary alicyclic amines) is 1. The molecule has 0 radical (unpaired) electrons. The van der Waals surface area contributed by atoms with E-state index in [2.05, 4.69) is 49.2 Å². The number of hydrogen-bond donors (Lipinski definition) is 0. The van der Waals surface area contributed by atoms with Crippen LogP contribution >= 0.6 is 0 Å². The summed E-state index contributed by atoms with van der Waals surface area (Å²) in [6.07, 6.45) is 2.07. The van der Waals surface area contributed by atoms with Gasteiger partial charge >= 0.3 is 0 Å². The van der Waals surface area contributed by atoms with E-state index in [4.69, 9.17) is 0 Å². The highest BCUT2D eigenvalue weighted by Crippen LogP contribution is 2.42. The third-order valence-electron chi connectivity index (χ3n) is 5.04. The lowest BCUT2D eigenvalue weighted by atomic mass is 9.67. The Bertz CT molecular complexity index is 632. The minimum absolute atomic E-state index is 0.0624. The molecule has 3 rings (SSSR count). The van der Waals surface area contributed by atoms with Crippen molar-refractivity contribution in [1.29, 1.82) is 0 Å². The van der Waals surface area contributed by atoms with Gasteiger partial charge in [-0.15, -0.1) is 0 Å². The molecule has 0 aromatic heterocycles. The zero-order chi connectivity index (χ0) is 15.7. The number of halogens is 1. The van der Waals surface area contributed by atoms with Crippen molar-refractivity contribution < 1.29 is 4.39 Å². The summed E-state index contributed by atoms with van der Waals surface area (Å²) >= 11 is 0. The van der Waals surface area contributed by atoms with Crippen molar-refractivity contribution in [3.8, 4) is 0 Å². The van der Waals surface area contributed by atoms with Crippen molar-refractivity contribution >= 4 is 0 Å². The van der Waals surface area contributed by atoms with Crippen LogP contribution in [0.25, 0.3) is 0 Å². The van der Waals surface area contributed by atoms with Gasteiger partial charge in [0.15, 0.2) is 0 Å². The Labute approximate surface area is 132 Å². The number of aryl methyl sites for hydroxylation is 2. The first-order valence-electron chi connectivity index (χ1n) is 8.03. The molecular formula is C20H24FN. The maximum atomic E-state index is 14.0. The van der Waals surface area contributed by atoms with Gasteiger partial charge < -0.3 is 4.90 Å². The minimum Gasteiger partial charge on any atom is -0.306 e. The molecule has 2 aromatic carbocycles. The Morgan fingerprint density at radius 3 is 2.09 bits per heavy atom. The summed E-state index contributed by atoms with van der Waals surface area (Å²) in [5, 5.41) is 0. The second-order valence-electron chi connectivity index (χ2n) is 6.77. The minimum atomic E-state index is -0.125. The highest BCUT2D eigenvalue weighted by molar-refractivity contribution is 5.42. The Morgan fingerprint density at radius 1 is 0.864 bits per heavy atom. The quantitative estimate of drug-likeness (QED) is 0.791.